The fraction of sp³-hybridized carbons (Fsp3) is 0.421. The quantitative estimate of drug-likeness (QED) is 0.696. The molecule has 4 heterocycles. The van der Waals surface area contributed by atoms with Gasteiger partial charge in [-0.2, -0.15) is 5.10 Å². The number of carbonyl (C=O) groups excluding carboxylic acids is 1. The second-order valence-electron chi connectivity index (χ2n) is 7.30. The van der Waals surface area contributed by atoms with Gasteiger partial charge in [-0.3, -0.25) is 9.48 Å². The summed E-state index contributed by atoms with van der Waals surface area (Å²) in [5.41, 5.74) is 4.12. The van der Waals surface area contributed by atoms with Crippen LogP contribution in [-0.2, 0) is 27.6 Å². The first-order chi connectivity index (χ1) is 13.3. The van der Waals surface area contributed by atoms with E-state index < -0.39 is 9.84 Å². The number of sulfone groups is 1. The van der Waals surface area contributed by atoms with Gasteiger partial charge in [-0.25, -0.2) is 13.4 Å². The van der Waals surface area contributed by atoms with Gasteiger partial charge >= 0.3 is 0 Å². The van der Waals surface area contributed by atoms with Gasteiger partial charge in [0.15, 0.2) is 9.84 Å². The molecule has 1 amide bonds. The maximum Gasteiger partial charge on any atom is 0.224 e. The van der Waals surface area contributed by atoms with Crippen molar-refractivity contribution < 1.29 is 13.2 Å². The van der Waals surface area contributed by atoms with Crippen molar-refractivity contribution in [2.45, 2.75) is 39.3 Å². The fourth-order valence-electron chi connectivity index (χ4n) is 3.76. The van der Waals surface area contributed by atoms with Crippen LogP contribution in [0.15, 0.2) is 30.6 Å². The van der Waals surface area contributed by atoms with E-state index in [1.54, 1.807) is 4.68 Å². The number of fused-ring (bicyclic) bond motifs is 1. The zero-order valence-corrected chi connectivity index (χ0v) is 16.7. The van der Waals surface area contributed by atoms with Gasteiger partial charge in [0.05, 0.1) is 41.9 Å². The molecule has 1 aliphatic rings. The second kappa shape index (κ2) is 7.05. The Morgan fingerprint density at radius 1 is 1.32 bits per heavy atom. The third kappa shape index (κ3) is 3.66. The number of amides is 1. The Morgan fingerprint density at radius 2 is 2.14 bits per heavy atom. The molecule has 1 atom stereocenters. The number of nitrogens with one attached hydrogen (secondary N) is 1. The molecule has 4 rings (SSSR count). The first-order valence-corrected chi connectivity index (χ1v) is 11.1. The molecular weight excluding hydrogens is 378 g/mol. The van der Waals surface area contributed by atoms with Crippen molar-refractivity contribution in [3.63, 3.8) is 0 Å². The largest absolute Gasteiger partial charge is 0.350 e. The predicted octanol–water partition coefficient (Wildman–Crippen LogP) is 1.37. The van der Waals surface area contributed by atoms with Crippen molar-refractivity contribution in [2.24, 2.45) is 0 Å². The summed E-state index contributed by atoms with van der Waals surface area (Å²) >= 11 is 0. The van der Waals surface area contributed by atoms with Gasteiger partial charge < -0.3 is 9.72 Å². The molecule has 0 aliphatic carbocycles. The highest BCUT2D eigenvalue weighted by Gasteiger charge is 2.31. The molecule has 148 valence electrons. The van der Waals surface area contributed by atoms with Crippen LogP contribution >= 0.6 is 0 Å². The van der Waals surface area contributed by atoms with Crippen LogP contribution in [0.5, 0.6) is 0 Å². The van der Waals surface area contributed by atoms with Crippen molar-refractivity contribution in [3.8, 4) is 0 Å². The number of pyridine rings is 1. The lowest BCUT2D eigenvalue weighted by molar-refractivity contribution is -0.120. The molecule has 1 aliphatic heterocycles. The van der Waals surface area contributed by atoms with Gasteiger partial charge in [0, 0.05) is 23.7 Å². The molecule has 1 unspecified atom stereocenters. The van der Waals surface area contributed by atoms with E-state index in [0.29, 0.717) is 13.0 Å². The molecule has 0 radical (unpaired) electrons. The predicted molar refractivity (Wildman–Crippen MR) is 105 cm³/mol. The number of rotatable bonds is 5. The van der Waals surface area contributed by atoms with Crippen LogP contribution < -0.4 is 5.32 Å². The van der Waals surface area contributed by atoms with E-state index in [2.05, 4.69) is 15.4 Å². The lowest BCUT2D eigenvalue weighted by atomic mass is 10.1. The van der Waals surface area contributed by atoms with Gasteiger partial charge in [0.25, 0.3) is 0 Å². The summed E-state index contributed by atoms with van der Waals surface area (Å²) in [6, 6.07) is 5.62. The number of aryl methyl sites for hydroxylation is 1. The third-order valence-electron chi connectivity index (χ3n) is 5.25. The Bertz CT molecular complexity index is 1110. The molecular formula is C19H23N5O3S. The molecule has 8 nitrogen and oxygen atoms in total. The maximum atomic E-state index is 12.5. The molecule has 0 saturated carbocycles. The summed E-state index contributed by atoms with van der Waals surface area (Å²) in [7, 11) is -2.99. The highest BCUT2D eigenvalue weighted by atomic mass is 32.2. The number of aromatic nitrogens is 4. The normalized spacial score (nSPS) is 18.6. The van der Waals surface area contributed by atoms with Gasteiger partial charge in [-0.15, -0.1) is 0 Å². The summed E-state index contributed by atoms with van der Waals surface area (Å²) in [5.74, 6) is 0.209. The number of hydrogen-bond acceptors (Lipinski definition) is 5. The first-order valence-electron chi connectivity index (χ1n) is 9.27. The zero-order valence-electron chi connectivity index (χ0n) is 15.9. The number of nitrogens with zero attached hydrogens (tertiary/aromatic N) is 4. The SMILES string of the molecule is Cc1nn(C2CCS(=O)(=O)C2)c(C)c1CC(=O)NCc1cn2ccccc2n1. The standard InChI is InChI=1S/C19H23N5O3S/c1-13-17(14(2)24(22-13)16-6-8-28(26,27)12-16)9-19(25)20-10-15-11-23-7-4-3-5-18(23)21-15/h3-5,7,11,16H,6,8-10,12H2,1-2H3,(H,20,25). The van der Waals surface area contributed by atoms with Crippen LogP contribution in [0.2, 0.25) is 0 Å². The van der Waals surface area contributed by atoms with Crippen LogP contribution in [0.3, 0.4) is 0 Å². The molecule has 0 bridgehead atoms. The third-order valence-corrected chi connectivity index (χ3v) is 7.00. The summed E-state index contributed by atoms with van der Waals surface area (Å²) in [4.78, 5) is 16.9. The van der Waals surface area contributed by atoms with Gasteiger partial charge in [-0.1, -0.05) is 6.07 Å². The number of imidazole rings is 1. The fourth-order valence-corrected chi connectivity index (χ4v) is 5.45. The molecule has 1 fully saturated rings. The molecule has 1 saturated heterocycles. The van der Waals surface area contributed by atoms with Crippen molar-refractivity contribution in [1.82, 2.24) is 24.5 Å². The lowest BCUT2D eigenvalue weighted by Gasteiger charge is -2.11. The van der Waals surface area contributed by atoms with Crippen molar-refractivity contribution in [3.05, 3.63) is 53.2 Å². The second-order valence-corrected chi connectivity index (χ2v) is 9.53. The summed E-state index contributed by atoms with van der Waals surface area (Å²) in [6.45, 7) is 4.11. The Morgan fingerprint density at radius 3 is 2.86 bits per heavy atom. The average Bonchev–Trinajstić information content (AvgIpc) is 3.30. The highest BCUT2D eigenvalue weighted by Crippen LogP contribution is 2.27. The Balaban J connectivity index is 1.43. The smallest absolute Gasteiger partial charge is 0.224 e. The van der Waals surface area contributed by atoms with Crippen LogP contribution in [0.25, 0.3) is 5.65 Å². The molecule has 3 aromatic rings. The first kappa shape index (κ1) is 18.7. The van der Waals surface area contributed by atoms with Crippen LogP contribution in [0.4, 0.5) is 0 Å². The van der Waals surface area contributed by atoms with Gasteiger partial charge in [0.1, 0.15) is 5.65 Å². The van der Waals surface area contributed by atoms with Gasteiger partial charge in [0.2, 0.25) is 5.91 Å². The van der Waals surface area contributed by atoms with E-state index in [0.717, 1.165) is 28.3 Å². The van der Waals surface area contributed by atoms with E-state index in [-0.39, 0.29) is 29.9 Å². The topological polar surface area (TPSA) is 98.4 Å². The molecule has 9 heteroatoms. The van der Waals surface area contributed by atoms with E-state index in [1.807, 2.05) is 48.8 Å². The van der Waals surface area contributed by atoms with E-state index in [4.69, 9.17) is 0 Å². The van der Waals surface area contributed by atoms with E-state index >= 15 is 0 Å². The minimum Gasteiger partial charge on any atom is -0.350 e. The van der Waals surface area contributed by atoms with Gasteiger partial charge in [-0.05, 0) is 32.4 Å². The van der Waals surface area contributed by atoms with Crippen LogP contribution in [0.1, 0.15) is 35.1 Å². The summed E-state index contributed by atoms with van der Waals surface area (Å²) < 4.78 is 27.2. The maximum absolute atomic E-state index is 12.5. The minimum absolute atomic E-state index is 0.109. The van der Waals surface area contributed by atoms with E-state index in [9.17, 15) is 13.2 Å². The van der Waals surface area contributed by atoms with Crippen molar-refractivity contribution in [2.75, 3.05) is 11.5 Å². The lowest BCUT2D eigenvalue weighted by Crippen LogP contribution is -2.25. The molecule has 1 N–H and O–H groups in total. The van der Waals surface area contributed by atoms with E-state index in [1.165, 1.54) is 0 Å². The Labute approximate surface area is 163 Å². The molecule has 0 spiro atoms. The van der Waals surface area contributed by atoms with Crippen molar-refractivity contribution >= 4 is 21.4 Å². The summed E-state index contributed by atoms with van der Waals surface area (Å²) in [5, 5.41) is 7.42. The summed E-state index contributed by atoms with van der Waals surface area (Å²) in [6.07, 6.45) is 4.59. The average molecular weight is 401 g/mol. The van der Waals surface area contributed by atoms with Crippen LogP contribution in [0, 0.1) is 13.8 Å². The number of carbonyl (C=O) groups is 1. The van der Waals surface area contributed by atoms with Crippen LogP contribution in [-0.4, -0.2) is 45.0 Å². The number of hydrogen-bond donors (Lipinski definition) is 1. The Kier molecular flexibility index (Phi) is 4.70. The molecule has 3 aromatic heterocycles. The monoisotopic (exact) mass is 401 g/mol. The zero-order chi connectivity index (χ0) is 19.9. The molecule has 0 aromatic carbocycles. The highest BCUT2D eigenvalue weighted by molar-refractivity contribution is 7.91. The Hall–Kier alpha value is -2.68. The minimum atomic E-state index is -2.99. The van der Waals surface area contributed by atoms with Crippen molar-refractivity contribution in [1.29, 1.82) is 0 Å². The molecule has 28 heavy (non-hydrogen) atoms.